The molecule has 0 aliphatic carbocycles. The fourth-order valence-electron chi connectivity index (χ4n) is 0.922. The van der Waals surface area contributed by atoms with E-state index in [9.17, 15) is 0 Å². The zero-order chi connectivity index (χ0) is 9.56. The molecule has 4 N–H and O–H groups in total. The van der Waals surface area contributed by atoms with Crippen LogP contribution in [0.5, 0.6) is 0 Å². The van der Waals surface area contributed by atoms with E-state index in [1.165, 1.54) is 6.92 Å². The van der Waals surface area contributed by atoms with Gasteiger partial charge in [0.05, 0.1) is 12.2 Å². The van der Waals surface area contributed by atoms with Gasteiger partial charge < -0.3 is 20.4 Å². The second kappa shape index (κ2) is 6.37. The lowest BCUT2D eigenvalue weighted by Crippen LogP contribution is -2.22. The fourth-order valence-corrected chi connectivity index (χ4v) is 0.922. The monoisotopic (exact) mass is 178 g/mol. The van der Waals surface area contributed by atoms with Crippen molar-refractivity contribution in [2.75, 3.05) is 0 Å². The maximum atomic E-state index is 9.12. The van der Waals surface area contributed by atoms with Crippen LogP contribution in [0.25, 0.3) is 0 Å². The molecule has 0 heterocycles. The quantitative estimate of drug-likeness (QED) is 0.329. The van der Waals surface area contributed by atoms with Crippen molar-refractivity contribution in [1.29, 1.82) is 0 Å². The van der Waals surface area contributed by atoms with Gasteiger partial charge in [0.2, 0.25) is 0 Å². The average Bonchev–Trinajstić information content (AvgIpc) is 1.97. The normalized spacial score (nSPS) is 16.5. The summed E-state index contributed by atoms with van der Waals surface area (Å²) in [6.07, 6.45) is -0.472. The molecule has 0 rings (SSSR count). The fraction of sp³-hybridized carbons (Fsp3) is 1.00. The zero-order valence-corrected chi connectivity index (χ0v) is 7.35. The van der Waals surface area contributed by atoms with Crippen LogP contribution in [0.1, 0.15) is 32.6 Å². The summed E-state index contributed by atoms with van der Waals surface area (Å²) in [7, 11) is 0. The van der Waals surface area contributed by atoms with Crippen LogP contribution in [0.15, 0.2) is 0 Å². The van der Waals surface area contributed by atoms with E-state index in [1.807, 2.05) is 0 Å². The molecule has 0 aliphatic heterocycles. The highest BCUT2D eigenvalue weighted by molar-refractivity contribution is 4.61. The first-order valence-electron chi connectivity index (χ1n) is 4.26. The minimum Gasteiger partial charge on any atom is -0.391 e. The number of aliphatic hydroxyl groups is 4. The molecule has 2 atom stereocenters. The third kappa shape index (κ3) is 6.54. The molecule has 0 saturated carbocycles. The minimum atomic E-state index is -1.26. The summed E-state index contributed by atoms with van der Waals surface area (Å²) in [6.45, 7) is 1.53. The number of rotatable bonds is 6. The van der Waals surface area contributed by atoms with Crippen molar-refractivity contribution in [3.63, 3.8) is 0 Å². The molecular weight excluding hydrogens is 160 g/mol. The van der Waals surface area contributed by atoms with Crippen LogP contribution in [0.4, 0.5) is 0 Å². The van der Waals surface area contributed by atoms with Gasteiger partial charge in [0, 0.05) is 0 Å². The Labute approximate surface area is 72.5 Å². The van der Waals surface area contributed by atoms with Crippen molar-refractivity contribution in [3.05, 3.63) is 0 Å². The second-order valence-corrected chi connectivity index (χ2v) is 3.07. The summed E-state index contributed by atoms with van der Waals surface area (Å²) >= 11 is 0. The molecule has 0 aromatic heterocycles. The molecule has 74 valence electrons. The first-order chi connectivity index (χ1) is 5.54. The van der Waals surface area contributed by atoms with Crippen LogP contribution in [-0.4, -0.2) is 38.9 Å². The third-order valence-electron chi connectivity index (χ3n) is 1.77. The topological polar surface area (TPSA) is 80.9 Å². The van der Waals surface area contributed by atoms with Crippen molar-refractivity contribution in [1.82, 2.24) is 0 Å². The average molecular weight is 178 g/mol. The van der Waals surface area contributed by atoms with Crippen molar-refractivity contribution < 1.29 is 20.4 Å². The van der Waals surface area contributed by atoms with E-state index in [0.29, 0.717) is 25.7 Å². The lowest BCUT2D eigenvalue weighted by molar-refractivity contribution is -0.0476. The molecule has 0 aliphatic rings. The Morgan fingerprint density at radius 1 is 0.917 bits per heavy atom. The van der Waals surface area contributed by atoms with Crippen LogP contribution in [0.3, 0.4) is 0 Å². The van der Waals surface area contributed by atoms with Crippen molar-refractivity contribution in [2.24, 2.45) is 0 Å². The lowest BCUT2D eigenvalue weighted by atomic mass is 10.1. The maximum absolute atomic E-state index is 9.12. The van der Waals surface area contributed by atoms with E-state index in [-0.39, 0.29) is 0 Å². The van der Waals surface area contributed by atoms with E-state index in [2.05, 4.69) is 0 Å². The highest BCUT2D eigenvalue weighted by Crippen LogP contribution is 2.07. The van der Waals surface area contributed by atoms with Gasteiger partial charge in [0.1, 0.15) is 0 Å². The van der Waals surface area contributed by atoms with Gasteiger partial charge in [-0.3, -0.25) is 0 Å². The van der Waals surface area contributed by atoms with Crippen LogP contribution in [0.2, 0.25) is 0 Å². The summed E-state index contributed by atoms with van der Waals surface area (Å²) in [6, 6.07) is 0. The largest absolute Gasteiger partial charge is 0.391 e. The molecular formula is C8H18O4. The number of unbranched alkanes of at least 4 members (excludes halogenated alkanes) is 1. The smallest absolute Gasteiger partial charge is 0.151 e. The third-order valence-corrected chi connectivity index (χ3v) is 1.77. The Hall–Kier alpha value is -0.160. The van der Waals surface area contributed by atoms with Gasteiger partial charge in [0.15, 0.2) is 6.29 Å². The van der Waals surface area contributed by atoms with E-state index < -0.39 is 18.5 Å². The molecule has 0 amide bonds. The predicted molar refractivity (Wildman–Crippen MR) is 44.4 cm³/mol. The molecule has 2 unspecified atom stereocenters. The van der Waals surface area contributed by atoms with Crippen molar-refractivity contribution in [2.45, 2.75) is 51.1 Å². The van der Waals surface area contributed by atoms with Crippen molar-refractivity contribution >= 4 is 0 Å². The van der Waals surface area contributed by atoms with E-state index in [1.54, 1.807) is 0 Å². The number of hydrogen-bond donors (Lipinski definition) is 4. The van der Waals surface area contributed by atoms with E-state index >= 15 is 0 Å². The molecule has 12 heavy (non-hydrogen) atoms. The van der Waals surface area contributed by atoms with Gasteiger partial charge >= 0.3 is 0 Å². The van der Waals surface area contributed by atoms with Gasteiger partial charge in [-0.2, -0.15) is 0 Å². The van der Waals surface area contributed by atoms with Crippen molar-refractivity contribution in [3.8, 4) is 0 Å². The molecule has 0 bridgehead atoms. The first-order valence-corrected chi connectivity index (χ1v) is 4.26. The first kappa shape index (κ1) is 11.8. The van der Waals surface area contributed by atoms with Gasteiger partial charge in [-0.15, -0.1) is 0 Å². The Morgan fingerprint density at radius 3 is 1.83 bits per heavy atom. The molecule has 0 spiro atoms. The summed E-state index contributed by atoms with van der Waals surface area (Å²) in [5.41, 5.74) is 0. The zero-order valence-electron chi connectivity index (χ0n) is 7.35. The highest BCUT2D eigenvalue weighted by atomic mass is 16.5. The molecule has 0 radical (unpaired) electrons. The van der Waals surface area contributed by atoms with Crippen LogP contribution < -0.4 is 0 Å². The maximum Gasteiger partial charge on any atom is 0.151 e. The van der Waals surface area contributed by atoms with E-state index in [4.69, 9.17) is 20.4 Å². The highest BCUT2D eigenvalue weighted by Gasteiger charge is 2.09. The summed E-state index contributed by atoms with van der Waals surface area (Å²) in [4.78, 5) is 0. The van der Waals surface area contributed by atoms with Gasteiger partial charge in [-0.05, 0) is 26.2 Å². The molecule has 0 aromatic rings. The van der Waals surface area contributed by atoms with Gasteiger partial charge in [0.25, 0.3) is 0 Å². The van der Waals surface area contributed by atoms with Gasteiger partial charge in [-0.25, -0.2) is 0 Å². The van der Waals surface area contributed by atoms with E-state index in [0.717, 1.165) is 0 Å². The van der Waals surface area contributed by atoms with Gasteiger partial charge in [-0.1, -0.05) is 6.42 Å². The Morgan fingerprint density at radius 2 is 1.42 bits per heavy atom. The standard InChI is InChI=1S/C8H18O4/c1-6(9)7(10)4-2-3-5-8(11)12/h6-12H,2-5H2,1H3. The minimum absolute atomic E-state index is 0.326. The summed E-state index contributed by atoms with van der Waals surface area (Å²) in [5, 5.41) is 34.9. The molecule has 4 nitrogen and oxygen atoms in total. The Kier molecular flexibility index (Phi) is 6.28. The lowest BCUT2D eigenvalue weighted by Gasteiger charge is -2.12. The predicted octanol–water partition coefficient (Wildman–Crippen LogP) is -0.401. The molecule has 0 saturated heterocycles. The number of aliphatic hydroxyl groups excluding tert-OH is 3. The molecule has 4 heteroatoms. The molecule has 0 fully saturated rings. The second-order valence-electron chi connectivity index (χ2n) is 3.07. The summed E-state index contributed by atoms with van der Waals surface area (Å²) < 4.78 is 0. The molecule has 0 aromatic carbocycles. The Bertz CT molecular complexity index is 103. The van der Waals surface area contributed by atoms with Crippen LogP contribution in [0, 0.1) is 0 Å². The summed E-state index contributed by atoms with van der Waals surface area (Å²) in [5.74, 6) is 0. The Balaban J connectivity index is 3.20. The SMILES string of the molecule is CC(O)C(O)CCCCC(O)O. The van der Waals surface area contributed by atoms with Crippen LogP contribution >= 0.6 is 0 Å². The van der Waals surface area contributed by atoms with Crippen LogP contribution in [-0.2, 0) is 0 Å². The number of hydrogen-bond acceptors (Lipinski definition) is 4.